The highest BCUT2D eigenvalue weighted by molar-refractivity contribution is 6.00. The molecular formula is C26H26N6O2. The molecular weight excluding hydrogens is 428 g/mol. The number of fused-ring (bicyclic) bond motifs is 1. The number of carbonyl (C=O) groups is 2. The van der Waals surface area contributed by atoms with Crippen LogP contribution in [0.2, 0.25) is 0 Å². The molecule has 1 aliphatic heterocycles. The molecule has 5 rings (SSSR count). The second-order valence-corrected chi connectivity index (χ2v) is 8.20. The average molecular weight is 455 g/mol. The molecule has 172 valence electrons. The maximum Gasteiger partial charge on any atom is 0.256 e. The van der Waals surface area contributed by atoms with Gasteiger partial charge in [-0.2, -0.15) is 5.10 Å². The fourth-order valence-electron chi connectivity index (χ4n) is 4.27. The van der Waals surface area contributed by atoms with Crippen LogP contribution in [0.5, 0.6) is 0 Å². The van der Waals surface area contributed by atoms with Gasteiger partial charge >= 0.3 is 0 Å². The van der Waals surface area contributed by atoms with Gasteiger partial charge in [-0.05, 0) is 18.2 Å². The van der Waals surface area contributed by atoms with Crippen LogP contribution in [0.15, 0.2) is 79.1 Å². The van der Waals surface area contributed by atoms with Gasteiger partial charge in [0, 0.05) is 56.6 Å². The van der Waals surface area contributed by atoms with E-state index in [1.807, 2.05) is 59.5 Å². The van der Waals surface area contributed by atoms with Crippen molar-refractivity contribution in [1.82, 2.24) is 24.8 Å². The van der Waals surface area contributed by atoms with E-state index in [0.717, 1.165) is 24.3 Å². The van der Waals surface area contributed by atoms with Gasteiger partial charge in [0.1, 0.15) is 5.56 Å². The summed E-state index contributed by atoms with van der Waals surface area (Å²) in [4.78, 5) is 34.0. The van der Waals surface area contributed by atoms with E-state index >= 15 is 0 Å². The Hall–Kier alpha value is -4.20. The minimum atomic E-state index is -0.283. The van der Waals surface area contributed by atoms with Crippen molar-refractivity contribution < 1.29 is 9.59 Å². The summed E-state index contributed by atoms with van der Waals surface area (Å²) in [6.07, 6.45) is 3.46. The summed E-state index contributed by atoms with van der Waals surface area (Å²) in [5, 5.41) is 7.23. The Morgan fingerprint density at radius 1 is 0.882 bits per heavy atom. The third-order valence-electron chi connectivity index (χ3n) is 6.09. The van der Waals surface area contributed by atoms with E-state index in [-0.39, 0.29) is 24.8 Å². The predicted octanol–water partition coefficient (Wildman–Crippen LogP) is 2.87. The lowest BCUT2D eigenvalue weighted by Gasteiger charge is -2.36. The van der Waals surface area contributed by atoms with Gasteiger partial charge in [0.2, 0.25) is 5.91 Å². The Kier molecular flexibility index (Phi) is 6.20. The van der Waals surface area contributed by atoms with Crippen molar-refractivity contribution in [1.29, 1.82) is 0 Å². The number of piperazine rings is 1. The minimum Gasteiger partial charge on any atom is -0.368 e. The van der Waals surface area contributed by atoms with Crippen LogP contribution in [0, 0.1) is 0 Å². The second kappa shape index (κ2) is 9.74. The van der Waals surface area contributed by atoms with Gasteiger partial charge in [-0.1, -0.05) is 48.5 Å². The highest BCUT2D eigenvalue weighted by atomic mass is 16.2. The number of nitrogens with one attached hydrogen (secondary N) is 1. The molecule has 2 amide bonds. The number of rotatable bonds is 6. The van der Waals surface area contributed by atoms with E-state index < -0.39 is 0 Å². The molecule has 1 aliphatic rings. The Balaban J connectivity index is 1.16. The van der Waals surface area contributed by atoms with Crippen molar-refractivity contribution in [2.45, 2.75) is 6.42 Å². The Morgan fingerprint density at radius 3 is 2.32 bits per heavy atom. The molecule has 2 aromatic heterocycles. The lowest BCUT2D eigenvalue weighted by Crippen LogP contribution is -2.49. The lowest BCUT2D eigenvalue weighted by atomic mass is 10.1. The smallest absolute Gasteiger partial charge is 0.256 e. The van der Waals surface area contributed by atoms with Crippen molar-refractivity contribution in [2.24, 2.45) is 0 Å². The Morgan fingerprint density at radius 2 is 1.59 bits per heavy atom. The molecule has 0 spiro atoms. The number of hydrogen-bond donors (Lipinski definition) is 1. The first-order valence-electron chi connectivity index (χ1n) is 11.4. The van der Waals surface area contributed by atoms with Gasteiger partial charge < -0.3 is 15.1 Å². The SMILES string of the molecule is O=C(NCCC(=O)N1CCN(c2ccccc2)CC1)c1cnn2c(-c3ccccc3)ccnc12. The maximum atomic E-state index is 12.8. The van der Waals surface area contributed by atoms with E-state index in [9.17, 15) is 9.59 Å². The molecule has 2 aromatic carbocycles. The highest BCUT2D eigenvalue weighted by Crippen LogP contribution is 2.20. The van der Waals surface area contributed by atoms with Gasteiger partial charge in [0.05, 0.1) is 11.9 Å². The average Bonchev–Trinajstić information content (AvgIpc) is 3.34. The zero-order valence-electron chi connectivity index (χ0n) is 18.8. The number of carbonyl (C=O) groups excluding carboxylic acids is 2. The van der Waals surface area contributed by atoms with Crippen molar-refractivity contribution >= 4 is 23.1 Å². The molecule has 0 radical (unpaired) electrons. The summed E-state index contributed by atoms with van der Waals surface area (Å²) < 4.78 is 1.67. The van der Waals surface area contributed by atoms with Crippen molar-refractivity contribution in [3.63, 3.8) is 0 Å². The van der Waals surface area contributed by atoms with E-state index in [2.05, 4.69) is 32.4 Å². The summed E-state index contributed by atoms with van der Waals surface area (Å²) in [6.45, 7) is 3.25. The number of anilines is 1. The van der Waals surface area contributed by atoms with E-state index in [1.54, 1.807) is 10.7 Å². The van der Waals surface area contributed by atoms with Crippen LogP contribution < -0.4 is 10.2 Å². The molecule has 0 atom stereocenters. The Bertz CT molecular complexity index is 1280. The van der Waals surface area contributed by atoms with E-state index in [1.165, 1.54) is 11.9 Å². The zero-order valence-corrected chi connectivity index (χ0v) is 18.8. The first-order valence-corrected chi connectivity index (χ1v) is 11.4. The molecule has 0 saturated carbocycles. The van der Waals surface area contributed by atoms with E-state index in [0.29, 0.717) is 24.3 Å². The van der Waals surface area contributed by atoms with Crippen LogP contribution in [0.1, 0.15) is 16.8 Å². The van der Waals surface area contributed by atoms with Gasteiger partial charge in [-0.25, -0.2) is 9.50 Å². The fourth-order valence-corrected chi connectivity index (χ4v) is 4.27. The molecule has 3 heterocycles. The quantitative estimate of drug-likeness (QED) is 0.485. The third kappa shape index (κ3) is 4.47. The molecule has 8 nitrogen and oxygen atoms in total. The lowest BCUT2D eigenvalue weighted by molar-refractivity contribution is -0.131. The first kappa shape index (κ1) is 21.6. The molecule has 0 aliphatic carbocycles. The van der Waals surface area contributed by atoms with Crippen LogP contribution in [-0.4, -0.2) is 64.0 Å². The van der Waals surface area contributed by atoms with Gasteiger partial charge in [0.15, 0.2) is 5.65 Å². The molecule has 0 bridgehead atoms. The summed E-state index contributed by atoms with van der Waals surface area (Å²) in [5.41, 5.74) is 3.90. The first-order chi connectivity index (χ1) is 16.7. The van der Waals surface area contributed by atoms with Crippen LogP contribution in [0.3, 0.4) is 0 Å². The molecule has 1 saturated heterocycles. The number of nitrogens with zero attached hydrogens (tertiary/aromatic N) is 5. The van der Waals surface area contributed by atoms with Gasteiger partial charge in [-0.15, -0.1) is 0 Å². The summed E-state index contributed by atoms with van der Waals surface area (Å²) in [5.74, 6) is -0.230. The summed E-state index contributed by atoms with van der Waals surface area (Å²) in [6, 6.07) is 21.9. The van der Waals surface area contributed by atoms with Crippen LogP contribution in [0.25, 0.3) is 16.9 Å². The molecule has 34 heavy (non-hydrogen) atoms. The number of benzene rings is 2. The maximum absolute atomic E-state index is 12.8. The van der Waals surface area contributed by atoms with Crippen molar-refractivity contribution in [2.75, 3.05) is 37.6 Å². The molecule has 1 fully saturated rings. The number of hydrogen-bond acceptors (Lipinski definition) is 5. The molecule has 1 N–H and O–H groups in total. The van der Waals surface area contributed by atoms with E-state index in [4.69, 9.17) is 0 Å². The number of aromatic nitrogens is 3. The normalized spacial score (nSPS) is 13.8. The zero-order chi connectivity index (χ0) is 23.3. The predicted molar refractivity (Wildman–Crippen MR) is 131 cm³/mol. The topological polar surface area (TPSA) is 82.8 Å². The molecule has 0 unspecified atom stereocenters. The largest absolute Gasteiger partial charge is 0.368 e. The van der Waals surface area contributed by atoms with Crippen molar-refractivity contribution in [3.8, 4) is 11.3 Å². The number of amides is 2. The third-order valence-corrected chi connectivity index (χ3v) is 6.09. The molecule has 8 heteroatoms. The highest BCUT2D eigenvalue weighted by Gasteiger charge is 2.22. The monoisotopic (exact) mass is 454 g/mol. The van der Waals surface area contributed by atoms with Crippen molar-refractivity contribution in [3.05, 3.63) is 84.7 Å². The van der Waals surface area contributed by atoms with Crippen LogP contribution >= 0.6 is 0 Å². The summed E-state index contributed by atoms with van der Waals surface area (Å²) >= 11 is 0. The van der Waals surface area contributed by atoms with Crippen LogP contribution in [0.4, 0.5) is 5.69 Å². The van der Waals surface area contributed by atoms with Gasteiger partial charge in [0.25, 0.3) is 5.91 Å². The molecule has 4 aromatic rings. The summed E-state index contributed by atoms with van der Waals surface area (Å²) in [7, 11) is 0. The van der Waals surface area contributed by atoms with Gasteiger partial charge in [-0.3, -0.25) is 9.59 Å². The number of para-hydroxylation sites is 1. The van der Waals surface area contributed by atoms with Crippen LogP contribution in [-0.2, 0) is 4.79 Å². The minimum absolute atomic E-state index is 0.0531. The second-order valence-electron chi connectivity index (χ2n) is 8.20. The Labute approximate surface area is 197 Å². The fraction of sp³-hybridized carbons (Fsp3) is 0.231. The standard InChI is InChI=1S/C26H26N6O2/c33-24(31-17-15-30(16-18-31)21-9-5-2-6-10-21)12-14-28-26(34)22-19-29-32-23(11-13-27-25(22)32)20-7-3-1-4-8-20/h1-11,13,19H,12,14-18H2,(H,28,34).